The van der Waals surface area contributed by atoms with Gasteiger partial charge < -0.3 is 15.0 Å². The summed E-state index contributed by atoms with van der Waals surface area (Å²) in [6, 6.07) is 10.4. The molecule has 20 heavy (non-hydrogen) atoms. The summed E-state index contributed by atoms with van der Waals surface area (Å²) < 4.78 is 5.55. The first-order chi connectivity index (χ1) is 9.74. The summed E-state index contributed by atoms with van der Waals surface area (Å²) in [5.41, 5.74) is 1.04. The van der Waals surface area contributed by atoms with Gasteiger partial charge in [-0.2, -0.15) is 0 Å². The van der Waals surface area contributed by atoms with Crippen molar-refractivity contribution in [2.45, 2.75) is 12.5 Å². The number of ether oxygens (including phenoxy) is 1. The third-order valence-electron chi connectivity index (χ3n) is 3.30. The van der Waals surface area contributed by atoms with Gasteiger partial charge in [0.1, 0.15) is 5.75 Å². The molecule has 5 nitrogen and oxygen atoms in total. The minimum atomic E-state index is -0.287. The Morgan fingerprint density at radius 1 is 1.30 bits per heavy atom. The number of aromatic nitrogens is 1. The lowest BCUT2D eigenvalue weighted by Gasteiger charge is -2.26. The van der Waals surface area contributed by atoms with E-state index in [0.717, 1.165) is 11.3 Å². The molecule has 0 saturated carbocycles. The van der Waals surface area contributed by atoms with E-state index >= 15 is 0 Å². The monoisotopic (exact) mass is 270 g/mol. The number of carbonyl (C=O) groups excluding carboxylic acids is 1. The van der Waals surface area contributed by atoms with Crippen molar-refractivity contribution in [3.8, 4) is 5.75 Å². The summed E-state index contributed by atoms with van der Waals surface area (Å²) in [5, 5.41) is 2.95. The Bertz CT molecular complexity index is 693. The number of nitrogens with one attached hydrogen (secondary N) is 2. The molecule has 0 fully saturated rings. The molecule has 0 saturated heterocycles. The Morgan fingerprint density at radius 2 is 2.15 bits per heavy atom. The fraction of sp³-hybridized carbons (Fsp3) is 0.200. The fourth-order valence-corrected chi connectivity index (χ4v) is 2.32. The number of para-hydroxylation sites is 1. The smallest absolute Gasteiger partial charge is 0.252 e. The second-order valence-corrected chi connectivity index (χ2v) is 4.64. The van der Waals surface area contributed by atoms with Gasteiger partial charge in [-0.05, 0) is 12.1 Å². The Morgan fingerprint density at radius 3 is 3.00 bits per heavy atom. The number of hydrogen-bond acceptors (Lipinski definition) is 3. The maximum atomic E-state index is 12.2. The van der Waals surface area contributed by atoms with Crippen LogP contribution < -0.4 is 15.6 Å². The van der Waals surface area contributed by atoms with Gasteiger partial charge in [0.25, 0.3) is 5.91 Å². The maximum absolute atomic E-state index is 12.2. The lowest BCUT2D eigenvalue weighted by Crippen LogP contribution is -2.32. The van der Waals surface area contributed by atoms with E-state index in [1.807, 2.05) is 24.3 Å². The van der Waals surface area contributed by atoms with Crippen LogP contribution in [0.3, 0.4) is 0 Å². The Kier molecular flexibility index (Phi) is 3.25. The Balaban J connectivity index is 1.82. The molecular formula is C15H14N2O3. The highest BCUT2D eigenvalue weighted by atomic mass is 16.5. The number of rotatable bonds is 2. The van der Waals surface area contributed by atoms with Crippen LogP contribution in [0, 0.1) is 0 Å². The minimum Gasteiger partial charge on any atom is -0.493 e. The molecule has 102 valence electrons. The molecule has 1 aliphatic heterocycles. The van der Waals surface area contributed by atoms with Crippen molar-refractivity contribution in [3.05, 3.63) is 64.1 Å². The van der Waals surface area contributed by atoms with Crippen LogP contribution in [0.15, 0.2) is 47.4 Å². The molecule has 1 amide bonds. The van der Waals surface area contributed by atoms with Crippen molar-refractivity contribution < 1.29 is 9.53 Å². The number of hydrogen-bond donors (Lipinski definition) is 2. The SMILES string of the molecule is O=C(NC1CCOc2ccccc21)c1cc[nH]c(=O)c1. The number of fused-ring (bicyclic) bond motifs is 1. The van der Waals surface area contributed by atoms with Crippen LogP contribution in [-0.2, 0) is 0 Å². The minimum absolute atomic E-state index is 0.0910. The molecule has 2 N–H and O–H groups in total. The van der Waals surface area contributed by atoms with Gasteiger partial charge in [-0.3, -0.25) is 9.59 Å². The molecule has 1 unspecified atom stereocenters. The molecule has 0 spiro atoms. The van der Waals surface area contributed by atoms with Crippen molar-refractivity contribution in [1.82, 2.24) is 10.3 Å². The van der Waals surface area contributed by atoms with E-state index in [0.29, 0.717) is 18.6 Å². The van der Waals surface area contributed by atoms with E-state index in [1.54, 1.807) is 6.07 Å². The third kappa shape index (κ3) is 2.42. The fourth-order valence-electron chi connectivity index (χ4n) is 2.32. The van der Waals surface area contributed by atoms with Crippen molar-refractivity contribution in [2.24, 2.45) is 0 Å². The molecule has 1 aromatic carbocycles. The first-order valence-electron chi connectivity index (χ1n) is 6.45. The van der Waals surface area contributed by atoms with Gasteiger partial charge in [0.05, 0.1) is 12.6 Å². The summed E-state index contributed by atoms with van der Waals surface area (Å²) in [6.45, 7) is 0.567. The Labute approximate surface area is 115 Å². The highest BCUT2D eigenvalue weighted by molar-refractivity contribution is 5.94. The molecule has 2 heterocycles. The van der Waals surface area contributed by atoms with E-state index < -0.39 is 0 Å². The van der Waals surface area contributed by atoms with Crippen LogP contribution in [0.1, 0.15) is 28.4 Å². The van der Waals surface area contributed by atoms with Gasteiger partial charge in [-0.25, -0.2) is 0 Å². The van der Waals surface area contributed by atoms with Gasteiger partial charge in [-0.1, -0.05) is 18.2 Å². The van der Waals surface area contributed by atoms with E-state index in [-0.39, 0.29) is 17.5 Å². The number of carbonyl (C=O) groups is 1. The molecule has 1 aliphatic rings. The number of aromatic amines is 1. The van der Waals surface area contributed by atoms with Crippen molar-refractivity contribution >= 4 is 5.91 Å². The normalized spacial score (nSPS) is 16.9. The van der Waals surface area contributed by atoms with E-state index in [9.17, 15) is 9.59 Å². The number of amides is 1. The molecule has 0 radical (unpaired) electrons. The molecule has 5 heteroatoms. The number of H-pyrrole nitrogens is 1. The highest BCUT2D eigenvalue weighted by Crippen LogP contribution is 2.31. The quantitative estimate of drug-likeness (QED) is 0.871. The summed E-state index contributed by atoms with van der Waals surface area (Å²) in [5.74, 6) is 0.549. The Hall–Kier alpha value is -2.56. The van der Waals surface area contributed by atoms with Crippen molar-refractivity contribution in [2.75, 3.05) is 6.61 Å². The van der Waals surface area contributed by atoms with Crippen LogP contribution in [0.4, 0.5) is 0 Å². The number of benzene rings is 1. The maximum Gasteiger partial charge on any atom is 0.252 e. The molecule has 0 bridgehead atoms. The summed E-state index contributed by atoms with van der Waals surface area (Å²) in [7, 11) is 0. The molecule has 0 aliphatic carbocycles. The largest absolute Gasteiger partial charge is 0.493 e. The zero-order chi connectivity index (χ0) is 13.9. The molecule has 2 aromatic rings. The first kappa shape index (κ1) is 12.5. The van der Waals surface area contributed by atoms with Gasteiger partial charge in [0.15, 0.2) is 0 Å². The van der Waals surface area contributed by atoms with Crippen LogP contribution >= 0.6 is 0 Å². The van der Waals surface area contributed by atoms with Gasteiger partial charge in [-0.15, -0.1) is 0 Å². The van der Waals surface area contributed by atoms with E-state index in [4.69, 9.17) is 4.74 Å². The van der Waals surface area contributed by atoms with Gasteiger partial charge in [0.2, 0.25) is 5.56 Å². The average molecular weight is 270 g/mol. The van der Waals surface area contributed by atoms with Gasteiger partial charge in [0, 0.05) is 29.8 Å². The zero-order valence-electron chi connectivity index (χ0n) is 10.8. The molecule has 1 atom stereocenters. The van der Waals surface area contributed by atoms with Crippen LogP contribution in [-0.4, -0.2) is 17.5 Å². The summed E-state index contributed by atoms with van der Waals surface area (Å²) in [4.78, 5) is 25.9. The topological polar surface area (TPSA) is 71.2 Å². The summed E-state index contributed by atoms with van der Waals surface area (Å²) in [6.07, 6.45) is 2.18. The number of pyridine rings is 1. The molecule has 3 rings (SSSR count). The predicted molar refractivity (Wildman–Crippen MR) is 73.8 cm³/mol. The second kappa shape index (κ2) is 5.21. The zero-order valence-corrected chi connectivity index (χ0v) is 10.8. The van der Waals surface area contributed by atoms with Crippen molar-refractivity contribution in [3.63, 3.8) is 0 Å². The predicted octanol–water partition coefficient (Wildman–Crippen LogP) is 1.63. The van der Waals surface area contributed by atoms with Crippen LogP contribution in [0.5, 0.6) is 5.75 Å². The van der Waals surface area contributed by atoms with Crippen molar-refractivity contribution in [1.29, 1.82) is 0 Å². The highest BCUT2D eigenvalue weighted by Gasteiger charge is 2.23. The van der Waals surface area contributed by atoms with E-state index in [1.165, 1.54) is 12.3 Å². The molecule has 1 aromatic heterocycles. The van der Waals surface area contributed by atoms with Gasteiger partial charge >= 0.3 is 0 Å². The molecular weight excluding hydrogens is 256 g/mol. The average Bonchev–Trinajstić information content (AvgIpc) is 2.47. The summed E-state index contributed by atoms with van der Waals surface area (Å²) >= 11 is 0. The van der Waals surface area contributed by atoms with Crippen LogP contribution in [0.25, 0.3) is 0 Å². The van der Waals surface area contributed by atoms with E-state index in [2.05, 4.69) is 10.3 Å². The standard InChI is InChI=1S/C15H14N2O3/c18-14-9-10(5-7-16-14)15(19)17-12-6-8-20-13-4-2-1-3-11(12)13/h1-5,7,9,12H,6,8H2,(H,16,18)(H,17,19). The first-order valence-corrected chi connectivity index (χ1v) is 6.45. The lowest BCUT2D eigenvalue weighted by atomic mass is 10.0. The second-order valence-electron chi connectivity index (χ2n) is 4.64. The van der Waals surface area contributed by atoms with Crippen LogP contribution in [0.2, 0.25) is 0 Å². The lowest BCUT2D eigenvalue weighted by molar-refractivity contribution is 0.0924. The third-order valence-corrected chi connectivity index (χ3v) is 3.30.